The lowest BCUT2D eigenvalue weighted by atomic mass is 10.00. The molecule has 0 heterocycles. The molecule has 1 aromatic rings. The van der Waals surface area contributed by atoms with Crippen molar-refractivity contribution in [2.45, 2.75) is 51.0 Å². The molecule has 25 heavy (non-hydrogen) atoms. The molecule has 0 spiro atoms. The smallest absolute Gasteiger partial charge is 0.338 e. The monoisotopic (exact) mass is 344 g/mol. The lowest BCUT2D eigenvalue weighted by Gasteiger charge is -2.21. The summed E-state index contributed by atoms with van der Waals surface area (Å²) in [5, 5.41) is 11.9. The van der Waals surface area contributed by atoms with E-state index in [4.69, 9.17) is 9.47 Å². The molecule has 0 aromatic heterocycles. The number of amides is 1. The number of rotatable bonds is 8. The Hall–Kier alpha value is -2.55. The molecule has 0 aliphatic heterocycles. The Morgan fingerprint density at radius 3 is 2.52 bits per heavy atom. The highest BCUT2D eigenvalue weighted by atomic mass is 16.5. The van der Waals surface area contributed by atoms with E-state index in [2.05, 4.69) is 18.3 Å². The zero-order valence-electron chi connectivity index (χ0n) is 14.5. The molecule has 134 valence electrons. The van der Waals surface area contributed by atoms with Crippen molar-refractivity contribution in [3.05, 3.63) is 29.8 Å². The third-order valence-electron chi connectivity index (χ3n) is 4.24. The number of ether oxygens (including phenoxy) is 2. The maximum Gasteiger partial charge on any atom is 0.338 e. The van der Waals surface area contributed by atoms with E-state index in [1.807, 2.05) is 0 Å². The Labute approximate surface area is 148 Å². The minimum Gasteiger partial charge on any atom is -0.494 e. The summed E-state index contributed by atoms with van der Waals surface area (Å²) < 4.78 is 10.6. The van der Waals surface area contributed by atoms with Crippen LogP contribution >= 0.6 is 0 Å². The van der Waals surface area contributed by atoms with Gasteiger partial charge in [-0.3, -0.25) is 4.79 Å². The summed E-state index contributed by atoms with van der Waals surface area (Å²) in [4.78, 5) is 23.9. The van der Waals surface area contributed by atoms with Gasteiger partial charge in [-0.1, -0.05) is 13.3 Å². The Bertz CT molecular complexity index is 628. The standard InChI is InChI=1S/C19H24N2O4/c1-2-3-12-24-16-8-6-15(7-9-16)18(23)25-13-17(22)21-19(14-20)10-4-5-11-19/h6-9H,2-5,10-13H2,1H3,(H,21,22). The lowest BCUT2D eigenvalue weighted by Crippen LogP contribution is -2.46. The first-order chi connectivity index (χ1) is 12.1. The highest BCUT2D eigenvalue weighted by Crippen LogP contribution is 2.28. The van der Waals surface area contributed by atoms with Crippen molar-refractivity contribution in [2.24, 2.45) is 0 Å². The average Bonchev–Trinajstić information content (AvgIpc) is 3.09. The van der Waals surface area contributed by atoms with E-state index < -0.39 is 24.0 Å². The number of nitriles is 1. The van der Waals surface area contributed by atoms with E-state index in [0.717, 1.165) is 25.7 Å². The number of carbonyl (C=O) groups is 2. The molecule has 1 aliphatic carbocycles. The fourth-order valence-corrected chi connectivity index (χ4v) is 2.78. The van der Waals surface area contributed by atoms with Gasteiger partial charge in [-0.2, -0.15) is 5.26 Å². The highest BCUT2D eigenvalue weighted by Gasteiger charge is 2.35. The quantitative estimate of drug-likeness (QED) is 0.578. The zero-order chi connectivity index (χ0) is 18.1. The van der Waals surface area contributed by atoms with Crippen molar-refractivity contribution in [1.29, 1.82) is 5.26 Å². The summed E-state index contributed by atoms with van der Waals surface area (Å²) in [7, 11) is 0. The second-order valence-corrected chi connectivity index (χ2v) is 6.25. The van der Waals surface area contributed by atoms with Gasteiger partial charge in [-0.05, 0) is 56.4 Å². The van der Waals surface area contributed by atoms with Crippen LogP contribution in [0.25, 0.3) is 0 Å². The van der Waals surface area contributed by atoms with E-state index in [9.17, 15) is 14.9 Å². The SMILES string of the molecule is CCCCOc1ccc(C(=O)OCC(=O)NC2(C#N)CCCC2)cc1. The van der Waals surface area contributed by atoms with Gasteiger partial charge in [-0.15, -0.1) is 0 Å². The van der Waals surface area contributed by atoms with Crippen molar-refractivity contribution in [3.8, 4) is 11.8 Å². The third-order valence-corrected chi connectivity index (χ3v) is 4.24. The van der Waals surface area contributed by atoms with Gasteiger partial charge in [0.15, 0.2) is 6.61 Å². The van der Waals surface area contributed by atoms with Crippen molar-refractivity contribution in [2.75, 3.05) is 13.2 Å². The van der Waals surface area contributed by atoms with Crippen LogP contribution in [0.15, 0.2) is 24.3 Å². The van der Waals surface area contributed by atoms with E-state index in [1.54, 1.807) is 24.3 Å². The molecule has 0 unspecified atom stereocenters. The van der Waals surface area contributed by atoms with E-state index >= 15 is 0 Å². The molecule has 6 heteroatoms. The molecule has 0 bridgehead atoms. The molecule has 1 fully saturated rings. The van der Waals surface area contributed by atoms with Crippen LogP contribution in [0.5, 0.6) is 5.75 Å². The normalized spacial score (nSPS) is 15.2. The number of benzene rings is 1. The number of nitrogens with zero attached hydrogens (tertiary/aromatic N) is 1. The van der Waals surface area contributed by atoms with Gasteiger partial charge in [0, 0.05) is 0 Å². The predicted octanol–water partition coefficient (Wildman–Crippen LogP) is 2.97. The van der Waals surface area contributed by atoms with Crippen molar-refractivity contribution < 1.29 is 19.1 Å². The molecule has 1 aromatic carbocycles. The molecule has 6 nitrogen and oxygen atoms in total. The number of unbranched alkanes of at least 4 members (excludes halogenated alkanes) is 1. The molecule has 2 rings (SSSR count). The van der Waals surface area contributed by atoms with Crippen molar-refractivity contribution in [3.63, 3.8) is 0 Å². The zero-order valence-corrected chi connectivity index (χ0v) is 14.5. The first-order valence-electron chi connectivity index (χ1n) is 8.71. The Morgan fingerprint density at radius 1 is 1.24 bits per heavy atom. The molecule has 1 aliphatic rings. The maximum atomic E-state index is 12.0. The molecule has 1 N–H and O–H groups in total. The molecule has 0 radical (unpaired) electrons. The fraction of sp³-hybridized carbons (Fsp3) is 0.526. The largest absolute Gasteiger partial charge is 0.494 e. The molecular formula is C19H24N2O4. The average molecular weight is 344 g/mol. The molecule has 0 atom stereocenters. The van der Waals surface area contributed by atoms with Gasteiger partial charge in [-0.25, -0.2) is 4.79 Å². The second-order valence-electron chi connectivity index (χ2n) is 6.25. The third kappa shape index (κ3) is 5.49. The number of hydrogen-bond acceptors (Lipinski definition) is 5. The number of esters is 1. The van der Waals surface area contributed by atoms with Crippen LogP contribution in [-0.4, -0.2) is 30.6 Å². The Kier molecular flexibility index (Phi) is 6.81. The van der Waals surface area contributed by atoms with Crippen molar-refractivity contribution in [1.82, 2.24) is 5.32 Å². The summed E-state index contributed by atoms with van der Waals surface area (Å²) in [6.07, 6.45) is 5.15. The topological polar surface area (TPSA) is 88.4 Å². The summed E-state index contributed by atoms with van der Waals surface area (Å²) in [5.74, 6) is -0.330. The van der Waals surface area contributed by atoms with Crippen molar-refractivity contribution >= 4 is 11.9 Å². The van der Waals surface area contributed by atoms with E-state index in [1.165, 1.54) is 0 Å². The Balaban J connectivity index is 1.79. The van der Waals surface area contributed by atoms with Crippen LogP contribution in [0.3, 0.4) is 0 Å². The van der Waals surface area contributed by atoms with Crippen LogP contribution in [-0.2, 0) is 9.53 Å². The molecule has 0 saturated heterocycles. The van der Waals surface area contributed by atoms with Crippen LogP contribution in [0.1, 0.15) is 55.8 Å². The van der Waals surface area contributed by atoms with Gasteiger partial charge in [0.25, 0.3) is 5.91 Å². The van der Waals surface area contributed by atoms with Crippen LogP contribution < -0.4 is 10.1 Å². The number of carbonyl (C=O) groups excluding carboxylic acids is 2. The Morgan fingerprint density at radius 2 is 1.92 bits per heavy atom. The van der Waals surface area contributed by atoms with E-state index in [-0.39, 0.29) is 0 Å². The molecule has 1 amide bonds. The minimum absolute atomic E-state index is 0.353. The van der Waals surface area contributed by atoms with Gasteiger partial charge >= 0.3 is 5.97 Å². The van der Waals surface area contributed by atoms with Crippen LogP contribution in [0.2, 0.25) is 0 Å². The van der Waals surface area contributed by atoms with Gasteiger partial charge in [0.05, 0.1) is 18.2 Å². The van der Waals surface area contributed by atoms with Crippen LogP contribution in [0, 0.1) is 11.3 Å². The van der Waals surface area contributed by atoms with E-state index in [0.29, 0.717) is 30.8 Å². The maximum absolute atomic E-state index is 12.0. The minimum atomic E-state index is -0.805. The fourth-order valence-electron chi connectivity index (χ4n) is 2.78. The van der Waals surface area contributed by atoms with Gasteiger partial charge in [0.1, 0.15) is 11.3 Å². The van der Waals surface area contributed by atoms with Gasteiger partial charge < -0.3 is 14.8 Å². The summed E-state index contributed by atoms with van der Waals surface area (Å²) in [5.41, 5.74) is -0.451. The summed E-state index contributed by atoms with van der Waals surface area (Å²) in [6.45, 7) is 2.34. The molecular weight excluding hydrogens is 320 g/mol. The van der Waals surface area contributed by atoms with Gasteiger partial charge in [0.2, 0.25) is 0 Å². The number of nitrogens with one attached hydrogen (secondary N) is 1. The predicted molar refractivity (Wildman–Crippen MR) is 92.1 cm³/mol. The first-order valence-corrected chi connectivity index (χ1v) is 8.71. The molecule has 1 saturated carbocycles. The van der Waals surface area contributed by atoms with Crippen LogP contribution in [0.4, 0.5) is 0 Å². The first kappa shape index (κ1) is 18.8. The highest BCUT2D eigenvalue weighted by molar-refractivity contribution is 5.91. The second kappa shape index (κ2) is 9.07. The summed E-state index contributed by atoms with van der Waals surface area (Å²) >= 11 is 0. The number of hydrogen-bond donors (Lipinski definition) is 1. The summed E-state index contributed by atoms with van der Waals surface area (Å²) in [6, 6.07) is 8.79. The lowest BCUT2D eigenvalue weighted by molar-refractivity contribution is -0.125.